The number of aryl methyl sites for hydroxylation is 1. The van der Waals surface area contributed by atoms with Gasteiger partial charge in [0, 0.05) is 13.1 Å². The second-order valence-corrected chi connectivity index (χ2v) is 9.45. The summed E-state index contributed by atoms with van der Waals surface area (Å²) in [7, 11) is -3.68. The lowest BCUT2D eigenvalue weighted by atomic mass is 10.2. The number of aromatic hydroxyl groups is 1. The highest BCUT2D eigenvalue weighted by atomic mass is 32.2. The van der Waals surface area contributed by atoms with Gasteiger partial charge in [0.25, 0.3) is 5.91 Å². The molecular weight excluding hydrogens is 418 g/mol. The molecule has 10 heteroatoms. The van der Waals surface area contributed by atoms with Crippen molar-refractivity contribution in [3.8, 4) is 11.4 Å². The average Bonchev–Trinajstić information content (AvgIpc) is 3.41. The maximum atomic E-state index is 12.8. The molecule has 1 aromatic heterocycles. The largest absolute Gasteiger partial charge is 0.506 e. The molecule has 1 aliphatic heterocycles. The zero-order chi connectivity index (χ0) is 22.2. The van der Waals surface area contributed by atoms with Gasteiger partial charge in [0.05, 0.1) is 22.0 Å². The monoisotopic (exact) mass is 441 g/mol. The van der Waals surface area contributed by atoms with Crippen LogP contribution in [0, 0.1) is 13.8 Å². The van der Waals surface area contributed by atoms with Crippen LogP contribution in [-0.2, 0) is 10.0 Å². The zero-order valence-corrected chi connectivity index (χ0v) is 18.1. The van der Waals surface area contributed by atoms with E-state index in [1.807, 2.05) is 31.2 Å². The molecule has 0 bridgehead atoms. The van der Waals surface area contributed by atoms with E-state index >= 15 is 0 Å². The van der Waals surface area contributed by atoms with Crippen LogP contribution in [0.1, 0.15) is 34.6 Å². The highest BCUT2D eigenvalue weighted by molar-refractivity contribution is 7.89. The second kappa shape index (κ2) is 8.12. The van der Waals surface area contributed by atoms with Crippen LogP contribution in [0.4, 0.5) is 5.69 Å². The number of sulfonamides is 1. The first kappa shape index (κ1) is 21.0. The second-order valence-electron chi connectivity index (χ2n) is 7.52. The van der Waals surface area contributed by atoms with Gasteiger partial charge < -0.3 is 10.4 Å². The summed E-state index contributed by atoms with van der Waals surface area (Å²) in [4.78, 5) is 12.8. The van der Waals surface area contributed by atoms with E-state index in [0.29, 0.717) is 18.8 Å². The molecule has 0 aliphatic carbocycles. The fourth-order valence-corrected chi connectivity index (χ4v) is 5.05. The lowest BCUT2D eigenvalue weighted by Gasteiger charge is -2.16. The van der Waals surface area contributed by atoms with E-state index in [2.05, 4.69) is 15.6 Å². The Morgan fingerprint density at radius 1 is 1.06 bits per heavy atom. The van der Waals surface area contributed by atoms with E-state index in [0.717, 1.165) is 24.1 Å². The first-order chi connectivity index (χ1) is 14.8. The van der Waals surface area contributed by atoms with Crippen molar-refractivity contribution < 1.29 is 18.3 Å². The molecule has 0 atom stereocenters. The van der Waals surface area contributed by atoms with Gasteiger partial charge in [0.1, 0.15) is 5.75 Å². The number of aromatic nitrogens is 3. The molecule has 1 amide bonds. The summed E-state index contributed by atoms with van der Waals surface area (Å²) in [6, 6.07) is 11.5. The van der Waals surface area contributed by atoms with Gasteiger partial charge in [-0.1, -0.05) is 22.9 Å². The molecule has 2 heterocycles. The van der Waals surface area contributed by atoms with E-state index < -0.39 is 15.9 Å². The first-order valence-corrected chi connectivity index (χ1v) is 11.4. The minimum atomic E-state index is -3.68. The lowest BCUT2D eigenvalue weighted by molar-refractivity contribution is 0.102. The van der Waals surface area contributed by atoms with E-state index in [4.69, 9.17) is 0 Å². The maximum absolute atomic E-state index is 12.8. The van der Waals surface area contributed by atoms with E-state index in [-0.39, 0.29) is 22.0 Å². The van der Waals surface area contributed by atoms with Gasteiger partial charge >= 0.3 is 0 Å². The predicted molar refractivity (Wildman–Crippen MR) is 115 cm³/mol. The van der Waals surface area contributed by atoms with Crippen LogP contribution in [0.3, 0.4) is 0 Å². The van der Waals surface area contributed by atoms with Crippen LogP contribution >= 0.6 is 0 Å². The third-order valence-electron chi connectivity index (χ3n) is 5.31. The van der Waals surface area contributed by atoms with Crippen molar-refractivity contribution in [2.24, 2.45) is 0 Å². The third kappa shape index (κ3) is 4.04. The molecule has 1 fully saturated rings. The van der Waals surface area contributed by atoms with E-state index in [1.165, 1.54) is 22.5 Å². The predicted octanol–water partition coefficient (Wildman–Crippen LogP) is 2.63. The molecule has 2 N–H and O–H groups in total. The van der Waals surface area contributed by atoms with Crippen LogP contribution in [-0.4, -0.2) is 51.8 Å². The first-order valence-electron chi connectivity index (χ1n) is 9.91. The fraction of sp³-hybridized carbons (Fsp3) is 0.286. The Labute approximate surface area is 180 Å². The van der Waals surface area contributed by atoms with Gasteiger partial charge in [-0.3, -0.25) is 4.79 Å². The van der Waals surface area contributed by atoms with Crippen LogP contribution < -0.4 is 5.32 Å². The Kier molecular flexibility index (Phi) is 5.50. The Morgan fingerprint density at radius 3 is 2.42 bits per heavy atom. The van der Waals surface area contributed by atoms with Gasteiger partial charge in [-0.2, -0.15) is 4.31 Å². The maximum Gasteiger partial charge on any atom is 0.278 e. The topological polar surface area (TPSA) is 117 Å². The van der Waals surface area contributed by atoms with E-state index in [1.54, 1.807) is 11.6 Å². The molecule has 0 saturated carbocycles. The number of carbonyl (C=O) groups is 1. The Balaban J connectivity index is 1.60. The number of hydrogen-bond acceptors (Lipinski definition) is 6. The van der Waals surface area contributed by atoms with Crippen molar-refractivity contribution in [2.45, 2.75) is 31.6 Å². The number of phenolic OH excluding ortho intramolecular Hbond substituents is 1. The highest BCUT2D eigenvalue weighted by Crippen LogP contribution is 2.29. The molecule has 2 aromatic carbocycles. The number of carbonyl (C=O) groups excluding carboxylic acids is 1. The molecular formula is C21H23N5O4S. The SMILES string of the molecule is Cc1ccc(-n2nnc(C(=O)Nc3cc(S(=O)(=O)N4CCCC4)ccc3O)c2C)cc1. The van der Waals surface area contributed by atoms with Crippen molar-refractivity contribution in [1.29, 1.82) is 0 Å². The Hall–Kier alpha value is -3.24. The molecule has 1 aliphatic rings. The van der Waals surface area contributed by atoms with Gasteiger partial charge in [-0.15, -0.1) is 5.10 Å². The molecule has 0 spiro atoms. The zero-order valence-electron chi connectivity index (χ0n) is 17.2. The summed E-state index contributed by atoms with van der Waals surface area (Å²) < 4.78 is 28.5. The highest BCUT2D eigenvalue weighted by Gasteiger charge is 2.28. The van der Waals surface area contributed by atoms with Crippen molar-refractivity contribution in [1.82, 2.24) is 19.3 Å². The molecule has 3 aromatic rings. The van der Waals surface area contributed by atoms with Crippen LogP contribution in [0.25, 0.3) is 5.69 Å². The number of phenols is 1. The number of hydrogen-bond donors (Lipinski definition) is 2. The van der Waals surface area contributed by atoms with Gasteiger partial charge in [-0.05, 0) is 57.0 Å². The van der Waals surface area contributed by atoms with Crippen molar-refractivity contribution in [3.63, 3.8) is 0 Å². The van der Waals surface area contributed by atoms with Crippen molar-refractivity contribution in [2.75, 3.05) is 18.4 Å². The number of nitrogens with one attached hydrogen (secondary N) is 1. The number of anilines is 1. The normalized spacial score (nSPS) is 14.6. The summed E-state index contributed by atoms with van der Waals surface area (Å²) in [5.74, 6) is -0.834. The Bertz CT molecular complexity index is 1230. The van der Waals surface area contributed by atoms with Crippen molar-refractivity contribution in [3.05, 3.63) is 59.4 Å². The standard InChI is InChI=1S/C21H23N5O4S/c1-14-5-7-16(8-6-14)26-15(2)20(23-24-26)21(28)22-18-13-17(9-10-19(18)27)31(29,30)25-11-3-4-12-25/h5-10,13,27H,3-4,11-12H2,1-2H3,(H,22,28). The van der Waals surface area contributed by atoms with Crippen LogP contribution in [0.15, 0.2) is 47.4 Å². The summed E-state index contributed by atoms with van der Waals surface area (Å²) in [5, 5.41) is 20.8. The number of benzene rings is 2. The molecule has 9 nitrogen and oxygen atoms in total. The number of rotatable bonds is 5. The van der Waals surface area contributed by atoms with Crippen LogP contribution in [0.5, 0.6) is 5.75 Å². The quantitative estimate of drug-likeness (QED) is 0.588. The number of amides is 1. The molecule has 0 radical (unpaired) electrons. The lowest BCUT2D eigenvalue weighted by Crippen LogP contribution is -2.28. The molecule has 31 heavy (non-hydrogen) atoms. The minimum absolute atomic E-state index is 0.00504. The third-order valence-corrected chi connectivity index (χ3v) is 7.20. The Morgan fingerprint density at radius 2 is 1.74 bits per heavy atom. The molecule has 162 valence electrons. The summed E-state index contributed by atoms with van der Waals surface area (Å²) in [5.41, 5.74) is 2.44. The van der Waals surface area contributed by atoms with Gasteiger partial charge in [0.15, 0.2) is 5.69 Å². The fourth-order valence-electron chi connectivity index (χ4n) is 3.50. The van der Waals surface area contributed by atoms with Crippen molar-refractivity contribution >= 4 is 21.6 Å². The molecule has 4 rings (SSSR count). The molecule has 0 unspecified atom stereocenters. The summed E-state index contributed by atoms with van der Waals surface area (Å²) in [6.45, 7) is 4.61. The van der Waals surface area contributed by atoms with Crippen LogP contribution in [0.2, 0.25) is 0 Å². The average molecular weight is 442 g/mol. The minimum Gasteiger partial charge on any atom is -0.506 e. The summed E-state index contributed by atoms with van der Waals surface area (Å²) in [6.07, 6.45) is 1.63. The van der Waals surface area contributed by atoms with Gasteiger partial charge in [0.2, 0.25) is 10.0 Å². The van der Waals surface area contributed by atoms with Gasteiger partial charge in [-0.25, -0.2) is 13.1 Å². The smallest absolute Gasteiger partial charge is 0.278 e. The number of nitrogens with zero attached hydrogens (tertiary/aromatic N) is 4. The van der Waals surface area contributed by atoms with E-state index in [9.17, 15) is 18.3 Å². The summed E-state index contributed by atoms with van der Waals surface area (Å²) >= 11 is 0. The molecule has 1 saturated heterocycles.